The lowest BCUT2D eigenvalue weighted by atomic mass is 9.98. The van der Waals surface area contributed by atoms with Crippen LogP contribution in [0.2, 0.25) is 0 Å². The minimum Gasteiger partial charge on any atom is -0.469 e. The quantitative estimate of drug-likeness (QED) is 0.835. The van der Waals surface area contributed by atoms with Crippen LogP contribution in [0.25, 0.3) is 0 Å². The van der Waals surface area contributed by atoms with Gasteiger partial charge in [0.2, 0.25) is 5.91 Å². The maximum absolute atomic E-state index is 13.2. The van der Waals surface area contributed by atoms with E-state index in [0.29, 0.717) is 0 Å². The van der Waals surface area contributed by atoms with Crippen LogP contribution in [0.5, 0.6) is 0 Å². The summed E-state index contributed by atoms with van der Waals surface area (Å²) in [6.45, 7) is 1.66. The van der Waals surface area contributed by atoms with Gasteiger partial charge in [-0.2, -0.15) is 0 Å². The van der Waals surface area contributed by atoms with Gasteiger partial charge in [-0.1, -0.05) is 36.8 Å². The van der Waals surface area contributed by atoms with Gasteiger partial charge in [-0.05, 0) is 37.7 Å². The van der Waals surface area contributed by atoms with Gasteiger partial charge in [-0.25, -0.2) is 0 Å². The van der Waals surface area contributed by atoms with Crippen molar-refractivity contribution in [2.24, 2.45) is 5.92 Å². The number of carbonyl (C=O) groups excluding carboxylic acids is 2. The first kappa shape index (κ1) is 17.9. The smallest absolute Gasteiger partial charge is 0.310 e. The average Bonchev–Trinajstić information content (AvgIpc) is 3.14. The van der Waals surface area contributed by atoms with Crippen molar-refractivity contribution in [2.45, 2.75) is 50.6 Å². The molecule has 1 saturated carbocycles. The Labute approximate surface area is 149 Å². The SMILES string of the molecule is COC(=O)[C@@H]1CCC[C@@H]1N[C@@H](C(=O)N1CCCCC1)c1ccccc1. The van der Waals surface area contributed by atoms with E-state index in [-0.39, 0.29) is 23.8 Å². The van der Waals surface area contributed by atoms with Gasteiger partial charge in [-0.15, -0.1) is 0 Å². The van der Waals surface area contributed by atoms with Crippen LogP contribution in [-0.2, 0) is 14.3 Å². The monoisotopic (exact) mass is 344 g/mol. The first-order valence-electron chi connectivity index (χ1n) is 9.38. The van der Waals surface area contributed by atoms with Gasteiger partial charge >= 0.3 is 5.97 Å². The van der Waals surface area contributed by atoms with E-state index in [4.69, 9.17) is 4.74 Å². The molecule has 1 saturated heterocycles. The summed E-state index contributed by atoms with van der Waals surface area (Å²) in [5, 5.41) is 3.50. The lowest BCUT2D eigenvalue weighted by Crippen LogP contribution is -2.47. The van der Waals surface area contributed by atoms with Gasteiger partial charge in [-0.3, -0.25) is 14.9 Å². The van der Waals surface area contributed by atoms with Crippen molar-refractivity contribution in [1.29, 1.82) is 0 Å². The molecule has 1 N–H and O–H groups in total. The van der Waals surface area contributed by atoms with Crippen LogP contribution < -0.4 is 5.32 Å². The van der Waals surface area contributed by atoms with Crippen molar-refractivity contribution in [3.63, 3.8) is 0 Å². The number of piperidine rings is 1. The average molecular weight is 344 g/mol. The summed E-state index contributed by atoms with van der Waals surface area (Å²) in [5.74, 6) is -0.209. The number of nitrogens with zero attached hydrogens (tertiary/aromatic N) is 1. The standard InChI is InChI=1S/C20H28N2O3/c1-25-20(24)16-11-8-12-17(16)21-18(15-9-4-2-5-10-15)19(23)22-13-6-3-7-14-22/h2,4-5,9-10,16-18,21H,3,6-8,11-14H2,1H3/t16-,17+,18-/m1/s1. The first-order valence-corrected chi connectivity index (χ1v) is 9.38. The Kier molecular flexibility index (Phi) is 6.08. The fourth-order valence-electron chi connectivity index (χ4n) is 4.06. The van der Waals surface area contributed by atoms with Gasteiger partial charge in [0.25, 0.3) is 0 Å². The van der Waals surface area contributed by atoms with E-state index in [1.807, 2.05) is 35.2 Å². The van der Waals surface area contributed by atoms with Crippen LogP contribution in [0, 0.1) is 5.92 Å². The normalized spacial score (nSPS) is 24.8. The van der Waals surface area contributed by atoms with Gasteiger partial charge in [0, 0.05) is 19.1 Å². The second-order valence-electron chi connectivity index (χ2n) is 7.06. The molecule has 1 aromatic rings. The van der Waals surface area contributed by atoms with E-state index in [1.165, 1.54) is 13.5 Å². The van der Waals surface area contributed by atoms with Crippen molar-refractivity contribution in [3.05, 3.63) is 35.9 Å². The van der Waals surface area contributed by atoms with E-state index in [2.05, 4.69) is 5.32 Å². The molecule has 1 heterocycles. The van der Waals surface area contributed by atoms with Gasteiger partial charge in [0.15, 0.2) is 0 Å². The van der Waals surface area contributed by atoms with Gasteiger partial charge < -0.3 is 9.64 Å². The molecule has 1 amide bonds. The minimum atomic E-state index is -0.394. The molecule has 0 radical (unpaired) electrons. The van der Waals surface area contributed by atoms with E-state index < -0.39 is 6.04 Å². The highest BCUT2D eigenvalue weighted by Gasteiger charge is 2.37. The van der Waals surface area contributed by atoms with E-state index in [0.717, 1.165) is 50.8 Å². The fourth-order valence-corrected chi connectivity index (χ4v) is 4.06. The van der Waals surface area contributed by atoms with Crippen LogP contribution in [0.15, 0.2) is 30.3 Å². The molecule has 136 valence electrons. The van der Waals surface area contributed by atoms with Crippen LogP contribution in [0.4, 0.5) is 0 Å². The maximum atomic E-state index is 13.2. The van der Waals surface area contributed by atoms with E-state index in [9.17, 15) is 9.59 Å². The Morgan fingerprint density at radius 1 is 1.08 bits per heavy atom. The molecule has 0 bridgehead atoms. The highest BCUT2D eigenvalue weighted by atomic mass is 16.5. The Morgan fingerprint density at radius 2 is 1.80 bits per heavy atom. The predicted octanol–water partition coefficient (Wildman–Crippen LogP) is 2.67. The number of ether oxygens (including phenoxy) is 1. The summed E-state index contributed by atoms with van der Waals surface area (Å²) in [6.07, 6.45) is 6.04. The molecule has 25 heavy (non-hydrogen) atoms. The summed E-state index contributed by atoms with van der Waals surface area (Å²) in [4.78, 5) is 27.2. The lowest BCUT2D eigenvalue weighted by molar-refractivity contribution is -0.146. The zero-order valence-corrected chi connectivity index (χ0v) is 14.9. The Hall–Kier alpha value is -1.88. The Bertz CT molecular complexity index is 584. The van der Waals surface area contributed by atoms with E-state index >= 15 is 0 Å². The molecular formula is C20H28N2O3. The molecule has 5 heteroatoms. The molecule has 3 atom stereocenters. The van der Waals surface area contributed by atoms with Crippen molar-refractivity contribution >= 4 is 11.9 Å². The third kappa shape index (κ3) is 4.21. The summed E-state index contributed by atoms with van der Waals surface area (Å²) in [7, 11) is 1.44. The third-order valence-electron chi connectivity index (χ3n) is 5.45. The number of esters is 1. The number of benzene rings is 1. The molecule has 2 fully saturated rings. The van der Waals surface area contributed by atoms with Crippen molar-refractivity contribution in [3.8, 4) is 0 Å². The number of likely N-dealkylation sites (tertiary alicyclic amines) is 1. The number of hydrogen-bond acceptors (Lipinski definition) is 4. The molecule has 0 spiro atoms. The number of nitrogens with one attached hydrogen (secondary N) is 1. The summed E-state index contributed by atoms with van der Waals surface area (Å²) < 4.78 is 4.95. The van der Waals surface area contributed by atoms with E-state index in [1.54, 1.807) is 0 Å². The van der Waals surface area contributed by atoms with Crippen molar-refractivity contribution < 1.29 is 14.3 Å². The van der Waals surface area contributed by atoms with Gasteiger partial charge in [0.05, 0.1) is 13.0 Å². The molecule has 5 nitrogen and oxygen atoms in total. The number of amides is 1. The molecule has 2 aliphatic rings. The Morgan fingerprint density at radius 3 is 2.48 bits per heavy atom. The number of rotatable bonds is 5. The highest BCUT2D eigenvalue weighted by Crippen LogP contribution is 2.30. The number of hydrogen-bond donors (Lipinski definition) is 1. The molecule has 0 unspecified atom stereocenters. The second kappa shape index (κ2) is 8.48. The zero-order chi connectivity index (χ0) is 17.6. The van der Waals surface area contributed by atoms with Crippen molar-refractivity contribution in [2.75, 3.05) is 20.2 Å². The summed E-state index contributed by atoms with van der Waals surface area (Å²) >= 11 is 0. The molecule has 0 aromatic heterocycles. The number of carbonyl (C=O) groups is 2. The minimum absolute atomic E-state index is 0.00797. The molecule has 1 aliphatic carbocycles. The summed E-state index contributed by atoms with van der Waals surface area (Å²) in [6, 6.07) is 9.45. The zero-order valence-electron chi connectivity index (χ0n) is 14.9. The highest BCUT2D eigenvalue weighted by molar-refractivity contribution is 5.83. The van der Waals surface area contributed by atoms with Gasteiger partial charge in [0.1, 0.15) is 6.04 Å². The van der Waals surface area contributed by atoms with Crippen molar-refractivity contribution in [1.82, 2.24) is 10.2 Å². The Balaban J connectivity index is 1.79. The second-order valence-corrected chi connectivity index (χ2v) is 7.06. The first-order chi connectivity index (χ1) is 12.2. The molecule has 1 aliphatic heterocycles. The van der Waals surface area contributed by atoms with Crippen LogP contribution in [0.1, 0.15) is 50.1 Å². The molecular weight excluding hydrogens is 316 g/mol. The largest absolute Gasteiger partial charge is 0.469 e. The lowest BCUT2D eigenvalue weighted by Gasteiger charge is -2.33. The molecule has 3 rings (SSSR count). The van der Waals surface area contributed by atoms with Crippen LogP contribution in [-0.4, -0.2) is 43.0 Å². The van der Waals surface area contributed by atoms with Crippen LogP contribution >= 0.6 is 0 Å². The van der Waals surface area contributed by atoms with Crippen LogP contribution in [0.3, 0.4) is 0 Å². The number of methoxy groups -OCH3 is 1. The topological polar surface area (TPSA) is 58.6 Å². The molecule has 1 aromatic carbocycles. The fraction of sp³-hybridized carbons (Fsp3) is 0.600. The predicted molar refractivity (Wildman–Crippen MR) is 95.9 cm³/mol. The summed E-state index contributed by atoms with van der Waals surface area (Å²) in [5.41, 5.74) is 0.966. The third-order valence-corrected chi connectivity index (χ3v) is 5.45. The maximum Gasteiger partial charge on any atom is 0.310 e.